The number of aryl methyl sites for hydroxylation is 1. The number of carbonyl (C=O) groups is 2. The van der Waals surface area contributed by atoms with Gasteiger partial charge in [-0.3, -0.25) is 4.79 Å². The first-order chi connectivity index (χ1) is 13.8. The molecule has 0 aliphatic carbocycles. The van der Waals surface area contributed by atoms with Crippen LogP contribution in [0.15, 0.2) is 48.5 Å². The highest BCUT2D eigenvalue weighted by Gasteiger charge is 2.46. The van der Waals surface area contributed by atoms with Gasteiger partial charge in [0.25, 0.3) is 0 Å². The van der Waals surface area contributed by atoms with Crippen LogP contribution in [-0.2, 0) is 25.5 Å². The van der Waals surface area contributed by atoms with Gasteiger partial charge in [0.05, 0.1) is 0 Å². The van der Waals surface area contributed by atoms with Crippen LogP contribution in [0.2, 0.25) is 0 Å². The maximum atomic E-state index is 13.3. The standard InChI is InChI=1S/C23H22FNO4/c1-23(2)13-28-22(27)21(23)29-19(26)12-11-17-16-5-3-4-6-18(16)25-20(17)14-7-9-15(24)10-8-14/h3-10,21,25H,11-13H2,1-2H3/t21-/m0/s1. The van der Waals surface area contributed by atoms with E-state index >= 15 is 0 Å². The molecule has 0 spiro atoms. The van der Waals surface area contributed by atoms with Crippen LogP contribution in [0.3, 0.4) is 0 Å². The van der Waals surface area contributed by atoms with Gasteiger partial charge in [0.15, 0.2) is 0 Å². The van der Waals surface area contributed by atoms with Gasteiger partial charge in [0.2, 0.25) is 6.10 Å². The number of hydrogen-bond acceptors (Lipinski definition) is 4. The van der Waals surface area contributed by atoms with E-state index < -0.39 is 23.5 Å². The second-order valence-electron chi connectivity index (χ2n) is 8.00. The van der Waals surface area contributed by atoms with E-state index in [0.717, 1.165) is 27.7 Å². The number of para-hydroxylation sites is 1. The number of halogens is 1. The molecule has 0 amide bonds. The molecule has 29 heavy (non-hydrogen) atoms. The van der Waals surface area contributed by atoms with Crippen LogP contribution in [0.5, 0.6) is 0 Å². The largest absolute Gasteiger partial charge is 0.462 e. The number of fused-ring (bicyclic) bond motifs is 1. The number of rotatable bonds is 5. The molecular weight excluding hydrogens is 373 g/mol. The van der Waals surface area contributed by atoms with Crippen LogP contribution >= 0.6 is 0 Å². The normalized spacial score (nSPS) is 18.0. The number of benzene rings is 2. The number of cyclic esters (lactones) is 1. The molecule has 1 saturated heterocycles. The van der Waals surface area contributed by atoms with Crippen LogP contribution in [0.25, 0.3) is 22.2 Å². The lowest BCUT2D eigenvalue weighted by Gasteiger charge is -2.21. The molecule has 0 radical (unpaired) electrons. The minimum Gasteiger partial charge on any atom is -0.462 e. The molecule has 1 aliphatic heterocycles. The van der Waals surface area contributed by atoms with E-state index in [2.05, 4.69) is 4.98 Å². The summed E-state index contributed by atoms with van der Waals surface area (Å²) >= 11 is 0. The maximum absolute atomic E-state index is 13.3. The van der Waals surface area contributed by atoms with Crippen molar-refractivity contribution in [3.05, 3.63) is 59.9 Å². The Morgan fingerprint density at radius 2 is 1.93 bits per heavy atom. The van der Waals surface area contributed by atoms with Gasteiger partial charge >= 0.3 is 11.9 Å². The molecular formula is C23H22FNO4. The highest BCUT2D eigenvalue weighted by Crippen LogP contribution is 2.33. The van der Waals surface area contributed by atoms with Crippen LogP contribution in [0.1, 0.15) is 25.8 Å². The predicted molar refractivity (Wildman–Crippen MR) is 107 cm³/mol. The Kier molecular flexibility index (Phi) is 4.86. The average molecular weight is 395 g/mol. The Morgan fingerprint density at radius 1 is 1.21 bits per heavy atom. The zero-order valence-corrected chi connectivity index (χ0v) is 16.3. The first kappa shape index (κ1) is 19.2. The summed E-state index contributed by atoms with van der Waals surface area (Å²) in [5.74, 6) is -1.25. The summed E-state index contributed by atoms with van der Waals surface area (Å²) in [4.78, 5) is 27.7. The highest BCUT2D eigenvalue weighted by molar-refractivity contribution is 5.91. The van der Waals surface area contributed by atoms with Crippen molar-refractivity contribution in [2.24, 2.45) is 5.41 Å². The molecule has 4 rings (SSSR count). The van der Waals surface area contributed by atoms with Crippen molar-refractivity contribution >= 4 is 22.8 Å². The third kappa shape index (κ3) is 3.75. The average Bonchev–Trinajstić information content (AvgIpc) is 3.19. The summed E-state index contributed by atoms with van der Waals surface area (Å²) in [5.41, 5.74) is 3.05. The van der Waals surface area contributed by atoms with Gasteiger partial charge in [-0.15, -0.1) is 0 Å². The fourth-order valence-electron chi connectivity index (χ4n) is 3.68. The molecule has 150 valence electrons. The van der Waals surface area contributed by atoms with Gasteiger partial charge in [-0.1, -0.05) is 32.0 Å². The first-order valence-corrected chi connectivity index (χ1v) is 9.57. The lowest BCUT2D eigenvalue weighted by atomic mass is 9.90. The fraction of sp³-hybridized carbons (Fsp3) is 0.304. The van der Waals surface area contributed by atoms with E-state index in [9.17, 15) is 14.0 Å². The molecule has 1 fully saturated rings. The molecule has 3 aromatic rings. The molecule has 5 nitrogen and oxygen atoms in total. The molecule has 1 aliphatic rings. The smallest absolute Gasteiger partial charge is 0.348 e. The van der Waals surface area contributed by atoms with E-state index in [0.29, 0.717) is 6.42 Å². The molecule has 1 N–H and O–H groups in total. The zero-order chi connectivity index (χ0) is 20.6. The maximum Gasteiger partial charge on any atom is 0.348 e. The highest BCUT2D eigenvalue weighted by atomic mass is 19.1. The summed E-state index contributed by atoms with van der Waals surface area (Å²) in [5, 5.41) is 1.00. The molecule has 0 bridgehead atoms. The molecule has 2 heterocycles. The van der Waals surface area contributed by atoms with Crippen LogP contribution in [0.4, 0.5) is 4.39 Å². The lowest BCUT2D eigenvalue weighted by Crippen LogP contribution is -2.35. The summed E-state index contributed by atoms with van der Waals surface area (Å²) in [6.07, 6.45) is -0.331. The Labute approximate surface area is 167 Å². The van der Waals surface area contributed by atoms with E-state index in [4.69, 9.17) is 9.47 Å². The van der Waals surface area contributed by atoms with Crippen molar-refractivity contribution in [1.29, 1.82) is 0 Å². The quantitative estimate of drug-likeness (QED) is 0.650. The number of hydrogen-bond donors (Lipinski definition) is 1. The third-order valence-corrected chi connectivity index (χ3v) is 5.29. The van der Waals surface area contributed by atoms with Gasteiger partial charge < -0.3 is 14.5 Å². The fourth-order valence-corrected chi connectivity index (χ4v) is 3.68. The number of esters is 2. The van der Waals surface area contributed by atoms with Crippen molar-refractivity contribution in [2.45, 2.75) is 32.8 Å². The number of ether oxygens (including phenoxy) is 2. The number of aromatic amines is 1. The van der Waals surface area contributed by atoms with Gasteiger partial charge in [0.1, 0.15) is 12.4 Å². The first-order valence-electron chi connectivity index (χ1n) is 9.57. The zero-order valence-electron chi connectivity index (χ0n) is 16.3. The Hall–Kier alpha value is -3.15. The number of H-pyrrole nitrogens is 1. The van der Waals surface area contributed by atoms with Crippen molar-refractivity contribution in [1.82, 2.24) is 4.98 Å². The summed E-state index contributed by atoms with van der Waals surface area (Å²) in [6, 6.07) is 14.0. The molecule has 0 saturated carbocycles. The SMILES string of the molecule is CC1(C)COC(=O)[C@@H]1OC(=O)CCc1c(-c2ccc(F)cc2)[nH]c2ccccc12. The molecule has 1 aromatic heterocycles. The number of carbonyl (C=O) groups excluding carboxylic acids is 2. The van der Waals surface area contributed by atoms with Crippen molar-refractivity contribution in [2.75, 3.05) is 6.61 Å². The van der Waals surface area contributed by atoms with Gasteiger partial charge in [-0.05, 0) is 47.9 Å². The predicted octanol–water partition coefficient (Wildman–Crippen LogP) is 4.40. The van der Waals surface area contributed by atoms with Gasteiger partial charge in [-0.25, -0.2) is 9.18 Å². The summed E-state index contributed by atoms with van der Waals surface area (Å²) in [7, 11) is 0. The topological polar surface area (TPSA) is 68.4 Å². The van der Waals surface area contributed by atoms with E-state index in [1.165, 1.54) is 12.1 Å². The summed E-state index contributed by atoms with van der Waals surface area (Å²) < 4.78 is 23.8. The van der Waals surface area contributed by atoms with E-state index in [1.54, 1.807) is 12.1 Å². The minimum absolute atomic E-state index is 0.121. The van der Waals surface area contributed by atoms with Crippen LogP contribution < -0.4 is 0 Å². The van der Waals surface area contributed by atoms with Crippen molar-refractivity contribution in [3.63, 3.8) is 0 Å². The second-order valence-corrected chi connectivity index (χ2v) is 8.00. The molecule has 0 unspecified atom stereocenters. The monoisotopic (exact) mass is 395 g/mol. The molecule has 6 heteroatoms. The minimum atomic E-state index is -0.880. The Morgan fingerprint density at radius 3 is 2.62 bits per heavy atom. The van der Waals surface area contributed by atoms with Crippen LogP contribution in [0, 0.1) is 11.2 Å². The molecule has 2 aromatic carbocycles. The molecule has 1 atom stereocenters. The summed E-state index contributed by atoms with van der Waals surface area (Å²) in [6.45, 7) is 3.91. The third-order valence-electron chi connectivity index (χ3n) is 5.29. The van der Waals surface area contributed by atoms with Crippen molar-refractivity contribution < 1.29 is 23.5 Å². The second kappa shape index (κ2) is 7.35. The van der Waals surface area contributed by atoms with Crippen LogP contribution in [-0.4, -0.2) is 29.6 Å². The Balaban J connectivity index is 1.57. The Bertz CT molecular complexity index is 1070. The van der Waals surface area contributed by atoms with Gasteiger partial charge in [0, 0.05) is 28.4 Å². The van der Waals surface area contributed by atoms with E-state index in [1.807, 2.05) is 38.1 Å². The number of nitrogens with one attached hydrogen (secondary N) is 1. The lowest BCUT2D eigenvalue weighted by molar-refractivity contribution is -0.163. The van der Waals surface area contributed by atoms with Crippen molar-refractivity contribution in [3.8, 4) is 11.3 Å². The number of aromatic nitrogens is 1. The van der Waals surface area contributed by atoms with Gasteiger partial charge in [-0.2, -0.15) is 0 Å². The van der Waals surface area contributed by atoms with E-state index in [-0.39, 0.29) is 18.8 Å².